The maximum Gasteiger partial charge on any atom is 0.273 e. The van der Waals surface area contributed by atoms with Crippen LogP contribution in [-0.2, 0) is 9.47 Å². The fourth-order valence-electron chi connectivity index (χ4n) is 4.18. The topological polar surface area (TPSA) is 43.2 Å². The Morgan fingerprint density at radius 2 is 1.05 bits per heavy atom. The Morgan fingerprint density at radius 1 is 0.650 bits per heavy atom. The first kappa shape index (κ1) is 12.7. The highest BCUT2D eigenvalue weighted by atomic mass is 16.5. The lowest BCUT2D eigenvalue weighted by atomic mass is 10.00. The lowest BCUT2D eigenvalue weighted by Crippen LogP contribution is -2.17. The standard InChI is InChI=1S/C16H24N2O2/c1-2-6-11(5-1)13-9-19-15(17-13)16-18-14(10-20-16)12-7-3-4-8-12/h11-14H,1-10H2/t13-,14-/m1/s1. The van der Waals surface area contributed by atoms with Gasteiger partial charge in [-0.25, -0.2) is 9.98 Å². The van der Waals surface area contributed by atoms with E-state index in [2.05, 4.69) is 0 Å². The summed E-state index contributed by atoms with van der Waals surface area (Å²) in [5.41, 5.74) is 0. The van der Waals surface area contributed by atoms with Crippen molar-refractivity contribution < 1.29 is 9.47 Å². The van der Waals surface area contributed by atoms with Crippen LogP contribution in [0.4, 0.5) is 0 Å². The van der Waals surface area contributed by atoms with E-state index in [4.69, 9.17) is 19.5 Å². The highest BCUT2D eigenvalue weighted by Crippen LogP contribution is 2.33. The average Bonchev–Trinajstić information content (AvgIpc) is 3.22. The zero-order valence-electron chi connectivity index (χ0n) is 12.1. The van der Waals surface area contributed by atoms with Crippen molar-refractivity contribution in [2.24, 2.45) is 21.8 Å². The number of hydrogen-bond donors (Lipinski definition) is 0. The van der Waals surface area contributed by atoms with E-state index in [0.717, 1.165) is 25.0 Å². The molecule has 0 saturated heterocycles. The van der Waals surface area contributed by atoms with Gasteiger partial charge in [-0.2, -0.15) is 0 Å². The Hall–Kier alpha value is -1.06. The molecule has 20 heavy (non-hydrogen) atoms. The summed E-state index contributed by atoms with van der Waals surface area (Å²) in [5, 5.41) is 0. The second kappa shape index (κ2) is 5.38. The fraction of sp³-hybridized carbons (Fsp3) is 0.875. The minimum Gasteiger partial charge on any atom is -0.472 e. The van der Waals surface area contributed by atoms with Crippen molar-refractivity contribution in [2.75, 3.05) is 13.2 Å². The molecule has 4 aliphatic rings. The van der Waals surface area contributed by atoms with Crippen LogP contribution in [0.5, 0.6) is 0 Å². The van der Waals surface area contributed by atoms with Crippen molar-refractivity contribution in [1.29, 1.82) is 0 Å². The summed E-state index contributed by atoms with van der Waals surface area (Å²) < 4.78 is 11.5. The number of rotatable bonds is 3. The van der Waals surface area contributed by atoms with Gasteiger partial charge in [-0.1, -0.05) is 25.7 Å². The molecule has 4 nitrogen and oxygen atoms in total. The summed E-state index contributed by atoms with van der Waals surface area (Å²) in [6.07, 6.45) is 10.7. The molecule has 0 radical (unpaired) electrons. The van der Waals surface area contributed by atoms with Crippen molar-refractivity contribution in [3.8, 4) is 0 Å². The van der Waals surface area contributed by atoms with Crippen LogP contribution in [0.2, 0.25) is 0 Å². The molecule has 4 heteroatoms. The Bertz CT molecular complexity index is 380. The first-order valence-electron chi connectivity index (χ1n) is 8.32. The van der Waals surface area contributed by atoms with Crippen LogP contribution >= 0.6 is 0 Å². The maximum absolute atomic E-state index is 5.77. The summed E-state index contributed by atoms with van der Waals surface area (Å²) in [7, 11) is 0. The molecule has 0 aromatic carbocycles. The van der Waals surface area contributed by atoms with Crippen LogP contribution in [0.1, 0.15) is 51.4 Å². The van der Waals surface area contributed by atoms with Gasteiger partial charge in [0.1, 0.15) is 13.2 Å². The molecular weight excluding hydrogens is 252 g/mol. The Kier molecular flexibility index (Phi) is 3.41. The van der Waals surface area contributed by atoms with E-state index in [9.17, 15) is 0 Å². The second-order valence-electron chi connectivity index (χ2n) is 6.71. The maximum atomic E-state index is 5.77. The Balaban J connectivity index is 1.42. The number of nitrogens with zero attached hydrogens (tertiary/aromatic N) is 2. The molecule has 2 atom stereocenters. The van der Waals surface area contributed by atoms with Crippen LogP contribution in [0, 0.1) is 11.8 Å². The third-order valence-electron chi connectivity index (χ3n) is 5.42. The molecule has 0 amide bonds. The van der Waals surface area contributed by atoms with Crippen LogP contribution in [0.25, 0.3) is 0 Å². The van der Waals surface area contributed by atoms with Gasteiger partial charge in [-0.15, -0.1) is 0 Å². The average molecular weight is 276 g/mol. The monoisotopic (exact) mass is 276 g/mol. The fourth-order valence-corrected chi connectivity index (χ4v) is 4.18. The predicted octanol–water partition coefficient (Wildman–Crippen LogP) is 2.96. The van der Waals surface area contributed by atoms with Gasteiger partial charge in [-0.05, 0) is 37.5 Å². The van der Waals surface area contributed by atoms with Crippen LogP contribution in [0.15, 0.2) is 9.98 Å². The molecule has 4 rings (SSSR count). The summed E-state index contributed by atoms with van der Waals surface area (Å²) in [4.78, 5) is 9.50. The molecule has 0 unspecified atom stereocenters. The van der Waals surface area contributed by atoms with Crippen LogP contribution in [0.3, 0.4) is 0 Å². The predicted molar refractivity (Wildman–Crippen MR) is 78.3 cm³/mol. The van der Waals surface area contributed by atoms with Gasteiger partial charge in [0.2, 0.25) is 0 Å². The molecule has 2 heterocycles. The SMILES string of the molecule is C1CCC([C@H]2COC(C3=N[C@@H](C4CCCC4)CO3)=N2)C1. The van der Waals surface area contributed by atoms with Crippen molar-refractivity contribution in [3.05, 3.63) is 0 Å². The molecule has 0 aromatic heterocycles. The Morgan fingerprint density at radius 3 is 1.45 bits per heavy atom. The van der Waals surface area contributed by atoms with E-state index in [1.807, 2.05) is 0 Å². The van der Waals surface area contributed by atoms with Gasteiger partial charge in [0.05, 0.1) is 12.1 Å². The second-order valence-corrected chi connectivity index (χ2v) is 6.71. The molecule has 0 spiro atoms. The first-order valence-corrected chi connectivity index (χ1v) is 8.32. The van der Waals surface area contributed by atoms with Crippen LogP contribution < -0.4 is 0 Å². The minimum absolute atomic E-state index is 0.351. The van der Waals surface area contributed by atoms with Gasteiger partial charge in [-0.3, -0.25) is 0 Å². The third-order valence-corrected chi connectivity index (χ3v) is 5.42. The number of ether oxygens (including phenoxy) is 2. The van der Waals surface area contributed by atoms with Crippen molar-refractivity contribution in [2.45, 2.75) is 63.5 Å². The molecule has 110 valence electrons. The molecule has 2 aliphatic heterocycles. The van der Waals surface area contributed by atoms with Crippen molar-refractivity contribution in [3.63, 3.8) is 0 Å². The number of hydrogen-bond acceptors (Lipinski definition) is 4. The van der Waals surface area contributed by atoms with Gasteiger partial charge < -0.3 is 9.47 Å². The molecule has 2 saturated carbocycles. The largest absolute Gasteiger partial charge is 0.472 e. The zero-order chi connectivity index (χ0) is 13.4. The van der Waals surface area contributed by atoms with E-state index in [1.165, 1.54) is 51.4 Å². The van der Waals surface area contributed by atoms with E-state index < -0.39 is 0 Å². The molecule has 0 bridgehead atoms. The van der Waals surface area contributed by atoms with Gasteiger partial charge >= 0.3 is 0 Å². The van der Waals surface area contributed by atoms with E-state index >= 15 is 0 Å². The van der Waals surface area contributed by atoms with E-state index in [0.29, 0.717) is 23.9 Å². The first-order chi connectivity index (χ1) is 9.90. The molecule has 0 N–H and O–H groups in total. The van der Waals surface area contributed by atoms with Crippen molar-refractivity contribution >= 4 is 11.8 Å². The molecular formula is C16H24N2O2. The lowest BCUT2D eigenvalue weighted by molar-refractivity contribution is 0.263. The zero-order valence-corrected chi connectivity index (χ0v) is 12.1. The van der Waals surface area contributed by atoms with Crippen LogP contribution in [-0.4, -0.2) is 37.1 Å². The summed E-state index contributed by atoms with van der Waals surface area (Å²) >= 11 is 0. The molecule has 2 aliphatic carbocycles. The highest BCUT2D eigenvalue weighted by Gasteiger charge is 2.36. The Labute approximate surface area is 120 Å². The summed E-state index contributed by atoms with van der Waals surface area (Å²) in [6.45, 7) is 1.47. The van der Waals surface area contributed by atoms with E-state index in [1.54, 1.807) is 0 Å². The third kappa shape index (κ3) is 2.33. The molecule has 0 aromatic rings. The van der Waals surface area contributed by atoms with E-state index in [-0.39, 0.29) is 0 Å². The van der Waals surface area contributed by atoms with Gasteiger partial charge in [0.15, 0.2) is 0 Å². The van der Waals surface area contributed by atoms with Gasteiger partial charge in [0, 0.05) is 0 Å². The highest BCUT2D eigenvalue weighted by molar-refractivity contribution is 6.36. The quantitative estimate of drug-likeness (QED) is 0.795. The van der Waals surface area contributed by atoms with Crippen molar-refractivity contribution in [1.82, 2.24) is 0 Å². The molecule has 2 fully saturated rings. The lowest BCUT2D eigenvalue weighted by Gasteiger charge is -2.11. The summed E-state index contributed by atoms with van der Waals surface area (Å²) in [5.74, 6) is 2.81. The normalized spacial score (nSPS) is 35.0. The number of aliphatic imine (C=N–C) groups is 2. The van der Waals surface area contributed by atoms with Gasteiger partial charge in [0.25, 0.3) is 11.8 Å². The summed E-state index contributed by atoms with van der Waals surface area (Å²) in [6, 6.07) is 0.702. The smallest absolute Gasteiger partial charge is 0.273 e. The minimum atomic E-state index is 0.351.